The van der Waals surface area contributed by atoms with Gasteiger partial charge >= 0.3 is 0 Å². The number of carbonyl (C=O) groups excluding carboxylic acids is 1. The van der Waals surface area contributed by atoms with Crippen LogP contribution in [0.1, 0.15) is 23.1 Å². The first kappa shape index (κ1) is 16.4. The zero-order valence-electron chi connectivity index (χ0n) is 13.9. The van der Waals surface area contributed by atoms with Crippen LogP contribution in [0.5, 0.6) is 5.75 Å². The van der Waals surface area contributed by atoms with Crippen molar-refractivity contribution in [2.45, 2.75) is 6.92 Å². The Bertz CT molecular complexity index is 900. The molecule has 0 fully saturated rings. The molecule has 0 aliphatic heterocycles. The number of nitrogens with one attached hydrogen (secondary N) is 1. The van der Waals surface area contributed by atoms with Crippen molar-refractivity contribution in [3.8, 4) is 11.4 Å². The highest BCUT2D eigenvalue weighted by Gasteiger charge is 2.07. The molecular weight excluding hydrogens is 318 g/mol. The van der Waals surface area contributed by atoms with Crippen LogP contribution < -0.4 is 10.1 Å². The summed E-state index contributed by atoms with van der Waals surface area (Å²) in [5.74, 6) is 1.31. The van der Waals surface area contributed by atoms with Gasteiger partial charge in [0.25, 0.3) is 0 Å². The summed E-state index contributed by atoms with van der Waals surface area (Å²) in [6.07, 6.45) is 3.44. The molecule has 0 bridgehead atoms. The smallest absolute Gasteiger partial charge is 0.181 e. The number of methoxy groups -OCH3 is 1. The number of Topliss-reactive ketones (excluding diaryl/α,β-unsaturated/α-hetero) is 1. The van der Waals surface area contributed by atoms with Gasteiger partial charge in [-0.25, -0.2) is 0 Å². The van der Waals surface area contributed by atoms with Gasteiger partial charge in [-0.15, -0.1) is 5.10 Å². The van der Waals surface area contributed by atoms with Crippen LogP contribution in [0.15, 0.2) is 54.7 Å². The van der Waals surface area contributed by atoms with E-state index < -0.39 is 0 Å². The van der Waals surface area contributed by atoms with Gasteiger partial charge in [0.15, 0.2) is 11.6 Å². The average Bonchev–Trinajstić information content (AvgIpc) is 3.10. The fraction of sp³-hybridized carbons (Fsp3) is 0.111. The van der Waals surface area contributed by atoms with Gasteiger partial charge < -0.3 is 10.1 Å². The molecule has 0 atom stereocenters. The molecule has 1 aromatic heterocycles. The van der Waals surface area contributed by atoms with E-state index in [1.807, 2.05) is 42.5 Å². The molecule has 3 aromatic rings. The third-order valence-electron chi connectivity index (χ3n) is 3.59. The third kappa shape index (κ3) is 3.72. The van der Waals surface area contributed by atoms with Gasteiger partial charge in [-0.1, -0.05) is 12.1 Å². The van der Waals surface area contributed by atoms with Crippen LogP contribution >= 0.6 is 0 Å². The highest BCUT2D eigenvalue weighted by atomic mass is 16.5. The predicted octanol–water partition coefficient (Wildman–Crippen LogP) is 2.96. The number of aromatic nitrogens is 4. The monoisotopic (exact) mass is 335 g/mol. The number of anilines is 1. The summed E-state index contributed by atoms with van der Waals surface area (Å²) >= 11 is 0. The maximum Gasteiger partial charge on any atom is 0.181 e. The standard InChI is InChI=1S/C18H17N5O2/c1-13(24)16-5-3-4-6-17(16)19-12-11-18-20-21-22-23(18)14-7-9-15(25-2)10-8-14/h3-12,19H,1-2H3/b12-11+. The molecule has 25 heavy (non-hydrogen) atoms. The van der Waals surface area contributed by atoms with Crippen molar-refractivity contribution in [2.24, 2.45) is 0 Å². The SMILES string of the molecule is COc1ccc(-n2nnnc2/C=C/Nc2ccccc2C(C)=O)cc1. The molecule has 0 radical (unpaired) electrons. The number of hydrogen-bond donors (Lipinski definition) is 1. The zero-order valence-corrected chi connectivity index (χ0v) is 13.9. The Hall–Kier alpha value is -3.48. The van der Waals surface area contributed by atoms with Gasteiger partial charge in [0.2, 0.25) is 0 Å². The minimum absolute atomic E-state index is 0.000402. The van der Waals surface area contributed by atoms with Crippen LogP contribution in [-0.4, -0.2) is 33.1 Å². The third-order valence-corrected chi connectivity index (χ3v) is 3.59. The second-order valence-corrected chi connectivity index (χ2v) is 5.23. The second kappa shape index (κ2) is 7.39. The molecule has 0 unspecified atom stereocenters. The molecule has 1 heterocycles. The van der Waals surface area contributed by atoms with E-state index in [0.29, 0.717) is 11.4 Å². The molecule has 7 heteroatoms. The number of nitrogens with zero attached hydrogens (tertiary/aromatic N) is 4. The Morgan fingerprint density at radius 2 is 1.92 bits per heavy atom. The molecule has 3 rings (SSSR count). The maximum atomic E-state index is 11.6. The maximum absolute atomic E-state index is 11.6. The number of rotatable bonds is 6. The summed E-state index contributed by atoms with van der Waals surface area (Å²) in [6.45, 7) is 1.54. The molecule has 2 aromatic carbocycles. The average molecular weight is 335 g/mol. The lowest BCUT2D eigenvalue weighted by Gasteiger charge is -2.06. The van der Waals surface area contributed by atoms with Crippen LogP contribution in [0.4, 0.5) is 5.69 Å². The van der Waals surface area contributed by atoms with E-state index in [1.54, 1.807) is 30.1 Å². The van der Waals surface area contributed by atoms with Gasteiger partial charge in [0, 0.05) is 23.5 Å². The van der Waals surface area contributed by atoms with Crippen LogP contribution in [0, 0.1) is 0 Å². The molecule has 0 spiro atoms. The molecule has 126 valence electrons. The van der Waals surface area contributed by atoms with Crippen molar-refractivity contribution in [2.75, 3.05) is 12.4 Å². The number of carbonyl (C=O) groups is 1. The highest BCUT2D eigenvalue weighted by molar-refractivity contribution is 5.99. The fourth-order valence-electron chi connectivity index (χ4n) is 2.33. The van der Waals surface area contributed by atoms with E-state index in [4.69, 9.17) is 4.74 Å². The van der Waals surface area contributed by atoms with Gasteiger partial charge in [-0.2, -0.15) is 4.68 Å². The number of para-hydroxylation sites is 1. The van der Waals surface area contributed by atoms with Crippen molar-refractivity contribution >= 4 is 17.5 Å². The Kier molecular flexibility index (Phi) is 4.84. The Balaban J connectivity index is 1.79. The van der Waals surface area contributed by atoms with Crippen molar-refractivity contribution in [1.82, 2.24) is 20.2 Å². The summed E-state index contributed by atoms with van der Waals surface area (Å²) in [5, 5.41) is 14.8. The zero-order chi connectivity index (χ0) is 17.6. The normalized spacial score (nSPS) is 10.8. The topological polar surface area (TPSA) is 81.9 Å². The number of hydrogen-bond acceptors (Lipinski definition) is 6. The Morgan fingerprint density at radius 1 is 1.16 bits per heavy atom. The lowest BCUT2D eigenvalue weighted by molar-refractivity contribution is 0.101. The fourth-order valence-corrected chi connectivity index (χ4v) is 2.33. The van der Waals surface area contributed by atoms with Gasteiger partial charge in [0.1, 0.15) is 5.75 Å². The lowest BCUT2D eigenvalue weighted by atomic mass is 10.1. The summed E-state index contributed by atoms with van der Waals surface area (Å²) in [7, 11) is 1.62. The van der Waals surface area contributed by atoms with Crippen molar-refractivity contribution < 1.29 is 9.53 Å². The van der Waals surface area contributed by atoms with E-state index in [0.717, 1.165) is 17.1 Å². The second-order valence-electron chi connectivity index (χ2n) is 5.23. The van der Waals surface area contributed by atoms with E-state index in [2.05, 4.69) is 20.8 Å². The van der Waals surface area contributed by atoms with E-state index in [1.165, 1.54) is 6.92 Å². The largest absolute Gasteiger partial charge is 0.497 e. The number of tetrazole rings is 1. The van der Waals surface area contributed by atoms with E-state index in [-0.39, 0.29) is 5.78 Å². The minimum atomic E-state index is -0.000402. The van der Waals surface area contributed by atoms with E-state index in [9.17, 15) is 4.79 Å². The first-order chi connectivity index (χ1) is 12.2. The van der Waals surface area contributed by atoms with Crippen molar-refractivity contribution in [3.63, 3.8) is 0 Å². The van der Waals surface area contributed by atoms with Crippen LogP contribution in [0.3, 0.4) is 0 Å². The number of ether oxygens (including phenoxy) is 1. The van der Waals surface area contributed by atoms with Crippen molar-refractivity contribution in [1.29, 1.82) is 0 Å². The molecule has 7 nitrogen and oxygen atoms in total. The highest BCUT2D eigenvalue weighted by Crippen LogP contribution is 2.17. The molecular formula is C18H17N5O2. The summed E-state index contributed by atoms with van der Waals surface area (Å²) in [6, 6.07) is 14.7. The summed E-state index contributed by atoms with van der Waals surface area (Å²) in [5.41, 5.74) is 2.17. The quantitative estimate of drug-likeness (QED) is 0.698. The predicted molar refractivity (Wildman–Crippen MR) is 94.8 cm³/mol. The summed E-state index contributed by atoms with van der Waals surface area (Å²) in [4.78, 5) is 11.6. The van der Waals surface area contributed by atoms with E-state index >= 15 is 0 Å². The van der Waals surface area contributed by atoms with Gasteiger partial charge in [0.05, 0.1) is 12.8 Å². The van der Waals surface area contributed by atoms with Gasteiger partial charge in [-0.3, -0.25) is 4.79 Å². The van der Waals surface area contributed by atoms with Crippen LogP contribution in [0.2, 0.25) is 0 Å². The molecule has 0 saturated carbocycles. The molecule has 0 aliphatic carbocycles. The number of ketones is 1. The molecule has 0 amide bonds. The minimum Gasteiger partial charge on any atom is -0.497 e. The van der Waals surface area contributed by atoms with Crippen LogP contribution in [0.25, 0.3) is 11.8 Å². The summed E-state index contributed by atoms with van der Waals surface area (Å²) < 4.78 is 6.75. The molecule has 1 N–H and O–H groups in total. The Morgan fingerprint density at radius 3 is 2.64 bits per heavy atom. The first-order valence-electron chi connectivity index (χ1n) is 7.65. The molecule has 0 aliphatic rings. The lowest BCUT2D eigenvalue weighted by Crippen LogP contribution is -2.01. The molecule has 0 saturated heterocycles. The van der Waals surface area contributed by atoms with Crippen molar-refractivity contribution in [3.05, 3.63) is 66.1 Å². The number of benzene rings is 2. The Labute approximate surface area is 144 Å². The van der Waals surface area contributed by atoms with Gasteiger partial charge in [-0.05, 0) is 53.7 Å². The first-order valence-corrected chi connectivity index (χ1v) is 7.65. The van der Waals surface area contributed by atoms with Crippen LogP contribution in [-0.2, 0) is 0 Å².